The van der Waals surface area contributed by atoms with Gasteiger partial charge < -0.3 is 18.6 Å². The quantitative estimate of drug-likeness (QED) is 0.283. The van der Waals surface area contributed by atoms with Crippen LogP contribution in [0.2, 0.25) is 0 Å². The number of ether oxygens (including phenoxy) is 3. The Balaban J connectivity index is 1.20. The lowest BCUT2D eigenvalue weighted by Gasteiger charge is -2.51. The van der Waals surface area contributed by atoms with Crippen molar-refractivity contribution < 1.29 is 28.2 Å². The van der Waals surface area contributed by atoms with Gasteiger partial charge in [-0.25, -0.2) is 9.48 Å². The summed E-state index contributed by atoms with van der Waals surface area (Å²) in [5, 5.41) is 9.29. The van der Waals surface area contributed by atoms with Gasteiger partial charge in [0.15, 0.2) is 0 Å². The minimum atomic E-state index is -0.557. The highest BCUT2D eigenvalue weighted by molar-refractivity contribution is 7.99. The molecule has 9 rings (SSSR count). The Hall–Kier alpha value is -3.74. The number of carbonyl (C=O) groups excluding carboxylic acids is 2. The second-order valence-electron chi connectivity index (χ2n) is 12.0. The molecule has 45 heavy (non-hydrogen) atoms. The van der Waals surface area contributed by atoms with Crippen molar-refractivity contribution in [3.05, 3.63) is 71.6 Å². The van der Waals surface area contributed by atoms with E-state index in [-0.39, 0.29) is 23.7 Å². The fourth-order valence-corrected chi connectivity index (χ4v) is 7.53. The van der Waals surface area contributed by atoms with Gasteiger partial charge in [0, 0.05) is 42.7 Å². The van der Waals surface area contributed by atoms with Crippen molar-refractivity contribution in [2.24, 2.45) is 5.92 Å². The molecule has 5 atom stereocenters. The number of pyridine rings is 1. The first-order valence-corrected chi connectivity index (χ1v) is 16.8. The van der Waals surface area contributed by atoms with E-state index in [1.165, 1.54) is 0 Å². The molecular weight excluding hydrogens is 594 g/mol. The Morgan fingerprint density at radius 2 is 2.02 bits per heavy atom. The molecule has 4 aromatic rings. The van der Waals surface area contributed by atoms with Crippen molar-refractivity contribution in [3.8, 4) is 5.75 Å². The second-order valence-corrected chi connectivity index (χ2v) is 13.1. The number of aromatic nitrogens is 4. The minimum Gasteiger partial charge on any atom is -0.497 e. The number of thioether (sulfide) groups is 1. The monoisotopic (exact) mass is 631 g/mol. The van der Waals surface area contributed by atoms with Crippen molar-refractivity contribution in [1.82, 2.24) is 24.9 Å². The van der Waals surface area contributed by atoms with Crippen LogP contribution in [0, 0.1) is 5.92 Å². The summed E-state index contributed by atoms with van der Waals surface area (Å²) < 4.78 is 26.0. The third-order valence-corrected chi connectivity index (χ3v) is 10.0. The number of esters is 1. The van der Waals surface area contributed by atoms with E-state index in [4.69, 9.17) is 18.6 Å². The third-order valence-electron chi connectivity index (χ3n) is 9.15. The van der Waals surface area contributed by atoms with Crippen molar-refractivity contribution in [1.29, 1.82) is 0 Å². The molecule has 0 radical (unpaired) electrons. The molecule has 3 saturated heterocycles. The Morgan fingerprint density at radius 1 is 1.09 bits per heavy atom. The molecule has 1 aromatic carbocycles. The van der Waals surface area contributed by atoms with Crippen molar-refractivity contribution >= 4 is 34.4 Å². The first-order chi connectivity index (χ1) is 22.0. The SMILES string of the molecule is COc1ccc2nccc([C@H]3OC(=O)c4ccc(o4)Cn4cc(nn4)CCC(=O)CCCSCOC4CN5CCC4CC35)c2c1. The highest BCUT2D eigenvalue weighted by Crippen LogP contribution is 2.42. The molecule has 0 aliphatic carbocycles. The first kappa shape index (κ1) is 29.9. The lowest BCUT2D eigenvalue weighted by atomic mass is 9.78. The van der Waals surface area contributed by atoms with E-state index in [0.717, 1.165) is 60.3 Å². The molecule has 8 bridgehead atoms. The summed E-state index contributed by atoms with van der Waals surface area (Å²) in [7, 11) is 1.64. The number of hydrogen-bond acceptors (Lipinski definition) is 11. The van der Waals surface area contributed by atoms with Gasteiger partial charge in [-0.05, 0) is 80.3 Å². The van der Waals surface area contributed by atoms with Crippen LogP contribution in [0.15, 0.2) is 53.2 Å². The average molecular weight is 632 g/mol. The van der Waals surface area contributed by atoms with Gasteiger partial charge in [-0.2, -0.15) is 0 Å². The summed E-state index contributed by atoms with van der Waals surface area (Å²) in [6.07, 6.45) is 7.41. The van der Waals surface area contributed by atoms with E-state index >= 15 is 0 Å². The standard InChI is InChI=1S/C33H37N5O6S/c1-41-24-6-8-28-27(16-24)26(10-12-34-28)32-29-15-21-11-13-37(29)19-31(21)42-20-45-14-2-3-23(39)5-4-22-17-38(36-35-22)18-25-7-9-30(43-25)33(40)44-32/h6-10,12,16-17,21,29,31-32H,2-5,11,13-15,18-20H2,1H3/t21?,29?,31?,32-/m1/s1. The molecule has 8 heterocycles. The van der Waals surface area contributed by atoms with E-state index in [2.05, 4.69) is 20.2 Å². The third kappa shape index (κ3) is 6.63. The number of rotatable bonds is 2. The van der Waals surface area contributed by atoms with Crippen LogP contribution in [-0.4, -0.2) is 80.7 Å². The Bertz CT molecular complexity index is 1670. The maximum atomic E-state index is 13.7. The molecule has 5 aliphatic rings. The zero-order valence-corrected chi connectivity index (χ0v) is 26.1. The largest absolute Gasteiger partial charge is 0.497 e. The van der Waals surface area contributed by atoms with Gasteiger partial charge in [-0.15, -0.1) is 16.9 Å². The molecule has 5 aliphatic heterocycles. The van der Waals surface area contributed by atoms with Crippen molar-refractivity contribution in [2.45, 2.75) is 63.3 Å². The fourth-order valence-electron chi connectivity index (χ4n) is 6.79. The predicted octanol–water partition coefficient (Wildman–Crippen LogP) is 4.84. The van der Waals surface area contributed by atoms with Gasteiger partial charge in [-0.1, -0.05) is 5.21 Å². The van der Waals surface area contributed by atoms with E-state index < -0.39 is 12.1 Å². The van der Waals surface area contributed by atoms with Crippen LogP contribution in [0.4, 0.5) is 0 Å². The number of nitrogens with zero attached hydrogens (tertiary/aromatic N) is 5. The molecule has 11 nitrogen and oxygen atoms in total. The maximum Gasteiger partial charge on any atom is 0.374 e. The highest BCUT2D eigenvalue weighted by Gasteiger charge is 2.46. The summed E-state index contributed by atoms with van der Waals surface area (Å²) in [4.78, 5) is 33.2. The Labute approximate surface area is 265 Å². The number of Topliss-reactive ketones (excluding diaryl/α,β-unsaturated/α-hetero) is 1. The fraction of sp³-hybridized carbons (Fsp3) is 0.485. The Morgan fingerprint density at radius 3 is 2.89 bits per heavy atom. The van der Waals surface area contributed by atoms with Gasteiger partial charge in [0.1, 0.15) is 29.9 Å². The van der Waals surface area contributed by atoms with Crippen LogP contribution in [0.1, 0.15) is 65.8 Å². The van der Waals surface area contributed by atoms with Crippen molar-refractivity contribution in [3.63, 3.8) is 0 Å². The molecule has 3 fully saturated rings. The van der Waals surface area contributed by atoms with Crippen LogP contribution in [0.25, 0.3) is 10.9 Å². The summed E-state index contributed by atoms with van der Waals surface area (Å²) in [6.45, 7) is 2.00. The molecular formula is C33H37N5O6S. The van der Waals surface area contributed by atoms with Crippen LogP contribution >= 0.6 is 11.8 Å². The summed E-state index contributed by atoms with van der Waals surface area (Å²) in [5.41, 5.74) is 2.45. The Kier molecular flexibility index (Phi) is 8.86. The number of aryl methyl sites for hydroxylation is 1. The summed E-state index contributed by atoms with van der Waals surface area (Å²) >= 11 is 1.74. The van der Waals surface area contributed by atoms with Gasteiger partial charge >= 0.3 is 5.97 Å². The molecule has 4 unspecified atom stereocenters. The van der Waals surface area contributed by atoms with E-state index in [1.807, 2.05) is 30.5 Å². The number of piperidine rings is 3. The number of benzene rings is 1. The number of carbonyl (C=O) groups is 2. The normalized spacial score (nSPS) is 26.6. The van der Waals surface area contributed by atoms with E-state index in [0.29, 0.717) is 49.2 Å². The molecule has 0 saturated carbocycles. The van der Waals surface area contributed by atoms with E-state index in [9.17, 15) is 9.59 Å². The molecule has 0 N–H and O–H groups in total. The lowest BCUT2D eigenvalue weighted by molar-refractivity contribution is -0.119. The summed E-state index contributed by atoms with van der Waals surface area (Å²) in [6, 6.07) is 11.1. The predicted molar refractivity (Wildman–Crippen MR) is 167 cm³/mol. The van der Waals surface area contributed by atoms with Gasteiger partial charge in [0.05, 0.1) is 36.4 Å². The highest BCUT2D eigenvalue weighted by atomic mass is 32.2. The second kappa shape index (κ2) is 13.3. The minimum absolute atomic E-state index is 0.0346. The smallest absolute Gasteiger partial charge is 0.374 e. The number of furan rings is 1. The number of ketones is 1. The summed E-state index contributed by atoms with van der Waals surface area (Å²) in [5.74, 6) is 2.95. The van der Waals surface area contributed by atoms with Crippen LogP contribution < -0.4 is 4.74 Å². The lowest BCUT2D eigenvalue weighted by Crippen LogP contribution is -2.58. The molecule has 12 heteroatoms. The zero-order valence-electron chi connectivity index (χ0n) is 25.3. The van der Waals surface area contributed by atoms with E-state index in [1.54, 1.807) is 41.9 Å². The first-order valence-electron chi connectivity index (χ1n) is 15.6. The van der Waals surface area contributed by atoms with Gasteiger partial charge in [0.2, 0.25) is 5.76 Å². The van der Waals surface area contributed by atoms with Crippen LogP contribution in [0.5, 0.6) is 5.75 Å². The van der Waals surface area contributed by atoms with Crippen LogP contribution in [-0.2, 0) is 27.2 Å². The molecule has 236 valence electrons. The van der Waals surface area contributed by atoms with Gasteiger partial charge in [0.25, 0.3) is 0 Å². The number of hydrogen-bond donors (Lipinski definition) is 0. The number of methoxy groups -OCH3 is 1. The number of fused-ring (bicyclic) bond motifs is 12. The maximum absolute atomic E-state index is 13.7. The van der Waals surface area contributed by atoms with Gasteiger partial charge in [-0.3, -0.25) is 14.7 Å². The molecule has 0 spiro atoms. The molecule has 3 aromatic heterocycles. The molecule has 0 amide bonds. The zero-order chi connectivity index (χ0) is 30.8. The van der Waals surface area contributed by atoms with Crippen molar-refractivity contribution in [2.75, 3.05) is 31.9 Å². The van der Waals surface area contributed by atoms with Crippen LogP contribution in [0.3, 0.4) is 0 Å². The topological polar surface area (TPSA) is 122 Å². The average Bonchev–Trinajstić information content (AvgIpc) is 3.73.